The molecule has 1 saturated carbocycles. The summed E-state index contributed by atoms with van der Waals surface area (Å²) < 4.78 is 4.88. The van der Waals surface area contributed by atoms with Crippen LogP contribution in [0.3, 0.4) is 0 Å². The molecule has 1 fully saturated rings. The topological polar surface area (TPSA) is 38.3 Å². The zero-order chi connectivity index (χ0) is 8.27. The van der Waals surface area contributed by atoms with Gasteiger partial charge in [0.2, 0.25) is 0 Å². The highest BCUT2D eigenvalue weighted by Gasteiger charge is 2.21. The van der Waals surface area contributed by atoms with Crippen LogP contribution in [0.1, 0.15) is 26.7 Å². The molecule has 0 heterocycles. The Morgan fingerprint density at radius 3 is 2.73 bits per heavy atom. The lowest BCUT2D eigenvalue weighted by Crippen LogP contribution is -2.28. The van der Waals surface area contributed by atoms with E-state index in [0.29, 0.717) is 0 Å². The number of nitrogens with one attached hydrogen (secondary N) is 1. The predicted octanol–water partition coefficient (Wildman–Crippen LogP) is 1.53. The van der Waals surface area contributed by atoms with Crippen LogP contribution in [0.2, 0.25) is 0 Å². The van der Waals surface area contributed by atoms with Crippen molar-refractivity contribution in [2.45, 2.75) is 32.8 Å². The molecule has 0 spiro atoms. The second-order valence-corrected chi connectivity index (χ2v) is 3.28. The van der Waals surface area contributed by atoms with Gasteiger partial charge in [-0.15, -0.1) is 0 Å². The van der Waals surface area contributed by atoms with Crippen molar-refractivity contribution >= 4 is 6.09 Å². The van der Waals surface area contributed by atoms with E-state index in [4.69, 9.17) is 4.74 Å². The van der Waals surface area contributed by atoms with Crippen molar-refractivity contribution in [3.63, 3.8) is 0 Å². The molecule has 0 aromatic carbocycles. The van der Waals surface area contributed by atoms with Crippen molar-refractivity contribution in [1.29, 1.82) is 0 Å². The minimum atomic E-state index is -0.285. The highest BCUT2D eigenvalue weighted by Crippen LogP contribution is 2.27. The van der Waals surface area contributed by atoms with Crippen molar-refractivity contribution in [2.75, 3.05) is 6.54 Å². The summed E-state index contributed by atoms with van der Waals surface area (Å²) in [5, 5.41) is 2.71. The van der Waals surface area contributed by atoms with E-state index in [2.05, 4.69) is 5.32 Å². The Morgan fingerprint density at radius 1 is 1.64 bits per heavy atom. The molecule has 0 unspecified atom stereocenters. The standard InChI is InChI=1S/C8H15NO2/c1-6(2)11-8(10)9-5-7-3-4-7/h6-7H,3-5H2,1-2H3,(H,9,10). The molecule has 0 aliphatic heterocycles. The molecule has 64 valence electrons. The Balaban J connectivity index is 2.00. The maximum absolute atomic E-state index is 10.9. The first-order valence-electron chi connectivity index (χ1n) is 4.13. The third kappa shape index (κ3) is 3.86. The molecule has 1 aliphatic carbocycles. The van der Waals surface area contributed by atoms with Gasteiger partial charge in [-0.3, -0.25) is 0 Å². The summed E-state index contributed by atoms with van der Waals surface area (Å²) >= 11 is 0. The van der Waals surface area contributed by atoms with Crippen molar-refractivity contribution in [2.24, 2.45) is 5.92 Å². The summed E-state index contributed by atoms with van der Waals surface area (Å²) in [6, 6.07) is 0. The highest BCUT2D eigenvalue weighted by molar-refractivity contribution is 5.67. The van der Waals surface area contributed by atoms with Crippen LogP contribution >= 0.6 is 0 Å². The van der Waals surface area contributed by atoms with Crippen LogP contribution in [0.5, 0.6) is 0 Å². The molecule has 0 radical (unpaired) electrons. The highest BCUT2D eigenvalue weighted by atomic mass is 16.6. The molecule has 0 saturated heterocycles. The maximum Gasteiger partial charge on any atom is 0.407 e. The molecule has 3 heteroatoms. The lowest BCUT2D eigenvalue weighted by Gasteiger charge is -2.08. The molecule has 0 aromatic heterocycles. The van der Waals surface area contributed by atoms with Crippen LogP contribution in [-0.4, -0.2) is 18.7 Å². The molecule has 1 amide bonds. The Kier molecular flexibility index (Phi) is 2.74. The molecule has 1 rings (SSSR count). The fourth-order valence-corrected chi connectivity index (χ4v) is 0.805. The van der Waals surface area contributed by atoms with Gasteiger partial charge in [0, 0.05) is 6.54 Å². The van der Waals surface area contributed by atoms with Crippen LogP contribution in [0, 0.1) is 5.92 Å². The predicted molar refractivity (Wildman–Crippen MR) is 42.3 cm³/mol. The largest absolute Gasteiger partial charge is 0.447 e. The van der Waals surface area contributed by atoms with Gasteiger partial charge in [0.25, 0.3) is 0 Å². The van der Waals surface area contributed by atoms with Crippen molar-refractivity contribution in [3.8, 4) is 0 Å². The smallest absolute Gasteiger partial charge is 0.407 e. The third-order valence-electron chi connectivity index (χ3n) is 1.57. The number of rotatable bonds is 3. The fourth-order valence-electron chi connectivity index (χ4n) is 0.805. The number of carbonyl (C=O) groups excluding carboxylic acids is 1. The molecule has 3 nitrogen and oxygen atoms in total. The number of hydrogen-bond acceptors (Lipinski definition) is 2. The summed E-state index contributed by atoms with van der Waals surface area (Å²) in [4.78, 5) is 10.9. The van der Waals surface area contributed by atoms with Crippen LogP contribution in [0.15, 0.2) is 0 Å². The number of carbonyl (C=O) groups is 1. The lowest BCUT2D eigenvalue weighted by atomic mass is 10.4. The monoisotopic (exact) mass is 157 g/mol. The van der Waals surface area contributed by atoms with Crippen LogP contribution in [-0.2, 0) is 4.74 Å². The molecule has 11 heavy (non-hydrogen) atoms. The van der Waals surface area contributed by atoms with Gasteiger partial charge in [-0.2, -0.15) is 0 Å². The minimum Gasteiger partial charge on any atom is -0.447 e. The van der Waals surface area contributed by atoms with E-state index in [1.165, 1.54) is 12.8 Å². The van der Waals surface area contributed by atoms with Gasteiger partial charge < -0.3 is 10.1 Å². The molecule has 1 N–H and O–H groups in total. The Labute approximate surface area is 67.1 Å². The number of amides is 1. The Morgan fingerprint density at radius 2 is 2.27 bits per heavy atom. The van der Waals surface area contributed by atoms with Gasteiger partial charge in [0.05, 0.1) is 6.10 Å². The molecule has 1 aliphatic rings. The first-order valence-corrected chi connectivity index (χ1v) is 4.13. The summed E-state index contributed by atoms with van der Waals surface area (Å²) in [6.07, 6.45) is 2.20. The van der Waals surface area contributed by atoms with E-state index in [1.807, 2.05) is 13.8 Å². The summed E-state index contributed by atoms with van der Waals surface area (Å²) in [7, 11) is 0. The zero-order valence-corrected chi connectivity index (χ0v) is 7.09. The second-order valence-electron chi connectivity index (χ2n) is 3.28. The minimum absolute atomic E-state index is 0.0193. The Hall–Kier alpha value is -0.730. The normalized spacial score (nSPS) is 16.6. The Bertz CT molecular complexity index is 141. The average Bonchev–Trinajstić information content (AvgIpc) is 2.63. The molecular weight excluding hydrogens is 142 g/mol. The molecule has 0 atom stereocenters. The first-order chi connectivity index (χ1) is 5.18. The lowest BCUT2D eigenvalue weighted by molar-refractivity contribution is 0.115. The van der Waals surface area contributed by atoms with Gasteiger partial charge in [0.15, 0.2) is 0 Å². The van der Waals surface area contributed by atoms with Crippen molar-refractivity contribution < 1.29 is 9.53 Å². The molecule has 0 bridgehead atoms. The van der Waals surface area contributed by atoms with Crippen LogP contribution in [0.4, 0.5) is 4.79 Å². The SMILES string of the molecule is CC(C)OC(=O)NCC1CC1. The maximum atomic E-state index is 10.9. The average molecular weight is 157 g/mol. The molecule has 0 aromatic rings. The van der Waals surface area contributed by atoms with E-state index in [9.17, 15) is 4.79 Å². The van der Waals surface area contributed by atoms with E-state index in [0.717, 1.165) is 12.5 Å². The second kappa shape index (κ2) is 3.60. The quantitative estimate of drug-likeness (QED) is 0.674. The van der Waals surface area contributed by atoms with Gasteiger partial charge in [-0.05, 0) is 32.6 Å². The van der Waals surface area contributed by atoms with Crippen molar-refractivity contribution in [3.05, 3.63) is 0 Å². The number of hydrogen-bond donors (Lipinski definition) is 1. The van der Waals surface area contributed by atoms with E-state index < -0.39 is 0 Å². The van der Waals surface area contributed by atoms with Crippen LogP contribution < -0.4 is 5.32 Å². The third-order valence-corrected chi connectivity index (χ3v) is 1.57. The number of alkyl carbamates (subject to hydrolysis) is 1. The van der Waals surface area contributed by atoms with E-state index >= 15 is 0 Å². The summed E-state index contributed by atoms with van der Waals surface area (Å²) in [5.74, 6) is 0.717. The summed E-state index contributed by atoms with van der Waals surface area (Å²) in [5.41, 5.74) is 0. The van der Waals surface area contributed by atoms with Gasteiger partial charge >= 0.3 is 6.09 Å². The van der Waals surface area contributed by atoms with Gasteiger partial charge in [-0.1, -0.05) is 0 Å². The fraction of sp³-hybridized carbons (Fsp3) is 0.875. The zero-order valence-electron chi connectivity index (χ0n) is 7.09. The van der Waals surface area contributed by atoms with E-state index in [-0.39, 0.29) is 12.2 Å². The summed E-state index contributed by atoms with van der Waals surface area (Å²) in [6.45, 7) is 4.47. The number of ether oxygens (including phenoxy) is 1. The van der Waals surface area contributed by atoms with Gasteiger partial charge in [0.1, 0.15) is 0 Å². The molecular formula is C8H15NO2. The van der Waals surface area contributed by atoms with E-state index in [1.54, 1.807) is 0 Å². The van der Waals surface area contributed by atoms with Crippen molar-refractivity contribution in [1.82, 2.24) is 5.32 Å². The van der Waals surface area contributed by atoms with Crippen LogP contribution in [0.25, 0.3) is 0 Å². The first kappa shape index (κ1) is 8.37. The van der Waals surface area contributed by atoms with Gasteiger partial charge in [-0.25, -0.2) is 4.79 Å².